The van der Waals surface area contributed by atoms with Gasteiger partial charge in [-0.1, -0.05) is 12.1 Å². The van der Waals surface area contributed by atoms with Gasteiger partial charge in [0.15, 0.2) is 11.3 Å². The molecule has 0 aliphatic carbocycles. The van der Waals surface area contributed by atoms with Crippen molar-refractivity contribution in [2.45, 2.75) is 6.92 Å². The monoisotopic (exact) mass is 388 g/mol. The maximum absolute atomic E-state index is 13.8. The second kappa shape index (κ2) is 7.87. The fraction of sp³-hybridized carbons (Fsp3) is 0.105. The molecule has 1 aromatic heterocycles. The highest BCUT2D eigenvalue weighted by atomic mass is 19.1. The maximum atomic E-state index is 13.8. The summed E-state index contributed by atoms with van der Waals surface area (Å²) in [6.07, 6.45) is 0. The van der Waals surface area contributed by atoms with Crippen molar-refractivity contribution in [3.63, 3.8) is 0 Å². The summed E-state index contributed by atoms with van der Waals surface area (Å²) < 4.78 is 37.7. The molecule has 0 radical (unpaired) electrons. The Bertz CT molecular complexity index is 1140. The molecule has 0 aliphatic rings. The van der Waals surface area contributed by atoms with Crippen LogP contribution < -0.4 is 15.6 Å². The van der Waals surface area contributed by atoms with E-state index in [1.807, 2.05) is 0 Å². The number of methoxy groups -OCH3 is 1. The van der Waals surface area contributed by atoms with E-state index in [0.717, 1.165) is 19.1 Å². The van der Waals surface area contributed by atoms with Gasteiger partial charge in [-0.3, -0.25) is 4.79 Å². The molecular weight excluding hydrogens is 374 g/mol. The minimum atomic E-state index is -0.953. The second-order valence-corrected chi connectivity index (χ2v) is 5.60. The van der Waals surface area contributed by atoms with Crippen LogP contribution in [0.15, 0.2) is 52.0 Å². The van der Waals surface area contributed by atoms with E-state index in [9.17, 15) is 18.4 Å². The van der Waals surface area contributed by atoms with Crippen LogP contribution in [0.25, 0.3) is 11.0 Å². The molecule has 0 unspecified atom stereocenters. The molecule has 0 atom stereocenters. The fourth-order valence-electron chi connectivity index (χ4n) is 2.40. The normalized spacial score (nSPS) is 11.4. The summed E-state index contributed by atoms with van der Waals surface area (Å²) in [5, 5.41) is 6.34. The van der Waals surface area contributed by atoms with Crippen LogP contribution in [0, 0.1) is 11.6 Å². The Morgan fingerprint density at radius 3 is 2.61 bits per heavy atom. The van der Waals surface area contributed by atoms with Gasteiger partial charge in [-0.15, -0.1) is 0 Å². The van der Waals surface area contributed by atoms with Crippen LogP contribution in [0.2, 0.25) is 0 Å². The number of hydrogen-bond acceptors (Lipinski definition) is 6. The number of benzene rings is 2. The Morgan fingerprint density at radius 1 is 1.14 bits per heavy atom. The average Bonchev–Trinajstić information content (AvgIpc) is 2.67. The molecule has 9 heteroatoms. The largest absolute Gasteiger partial charge is 0.493 e. The minimum Gasteiger partial charge on any atom is -0.493 e. The molecule has 1 N–H and O–H groups in total. The summed E-state index contributed by atoms with van der Waals surface area (Å²) in [7, 11) is 1.44. The highest BCUT2D eigenvalue weighted by molar-refractivity contribution is 6.05. The van der Waals surface area contributed by atoms with E-state index in [1.165, 1.54) is 13.2 Å². The lowest BCUT2D eigenvalue weighted by Crippen LogP contribution is -2.23. The van der Waals surface area contributed by atoms with Gasteiger partial charge in [0.2, 0.25) is 0 Å². The Morgan fingerprint density at radius 2 is 1.93 bits per heavy atom. The third-order valence-electron chi connectivity index (χ3n) is 3.64. The maximum Gasteiger partial charge on any atom is 0.332 e. The van der Waals surface area contributed by atoms with Crippen LogP contribution in [-0.4, -0.2) is 19.0 Å². The number of para-hydroxylation sites is 1. The number of anilines is 1. The van der Waals surface area contributed by atoms with Crippen LogP contribution in [0.1, 0.15) is 17.3 Å². The van der Waals surface area contributed by atoms with Crippen molar-refractivity contribution >= 4 is 28.5 Å². The molecule has 7 nitrogen and oxygen atoms in total. The zero-order valence-corrected chi connectivity index (χ0v) is 14.8. The van der Waals surface area contributed by atoms with E-state index < -0.39 is 23.5 Å². The van der Waals surface area contributed by atoms with Crippen molar-refractivity contribution in [3.05, 3.63) is 65.2 Å². The topological polar surface area (TPSA) is 90.1 Å². The zero-order chi connectivity index (χ0) is 20.3. The van der Waals surface area contributed by atoms with Crippen LogP contribution in [-0.2, 0) is 9.63 Å². The highest BCUT2D eigenvalue weighted by Crippen LogP contribution is 2.25. The molecule has 1 heterocycles. The van der Waals surface area contributed by atoms with E-state index in [1.54, 1.807) is 18.2 Å². The molecule has 1 amide bonds. The van der Waals surface area contributed by atoms with E-state index in [2.05, 4.69) is 15.3 Å². The number of carbonyl (C=O) groups is 2. The molecule has 0 aliphatic heterocycles. The number of nitrogens with zero attached hydrogens (tertiary/aromatic N) is 1. The Balaban J connectivity index is 2.11. The van der Waals surface area contributed by atoms with Gasteiger partial charge < -0.3 is 19.3 Å². The van der Waals surface area contributed by atoms with Crippen molar-refractivity contribution in [2.75, 3.05) is 12.4 Å². The summed E-state index contributed by atoms with van der Waals surface area (Å²) in [5.41, 5.74) is -0.436. The fourth-order valence-corrected chi connectivity index (χ4v) is 2.40. The highest BCUT2D eigenvalue weighted by Gasteiger charge is 2.17. The smallest absolute Gasteiger partial charge is 0.332 e. The van der Waals surface area contributed by atoms with Gasteiger partial charge in [-0.2, -0.15) is 0 Å². The Labute approximate surface area is 157 Å². The molecule has 2 aromatic carbocycles. The predicted molar refractivity (Wildman–Crippen MR) is 94.4 cm³/mol. The summed E-state index contributed by atoms with van der Waals surface area (Å²) in [6, 6.07) is 9.10. The number of hydrogen-bond donors (Lipinski definition) is 1. The molecule has 144 valence electrons. The van der Waals surface area contributed by atoms with E-state index in [0.29, 0.717) is 17.2 Å². The van der Waals surface area contributed by atoms with E-state index in [4.69, 9.17) is 9.15 Å². The third-order valence-corrected chi connectivity index (χ3v) is 3.64. The molecule has 0 saturated heterocycles. The van der Waals surface area contributed by atoms with Gasteiger partial charge in [-0.05, 0) is 29.4 Å². The lowest BCUT2D eigenvalue weighted by atomic mass is 10.1. The lowest BCUT2D eigenvalue weighted by molar-refractivity contribution is -0.141. The van der Waals surface area contributed by atoms with Crippen molar-refractivity contribution in [1.29, 1.82) is 0 Å². The van der Waals surface area contributed by atoms with Crippen molar-refractivity contribution < 1.29 is 32.4 Å². The number of carbonyl (C=O) groups excluding carboxylic acids is 2. The van der Waals surface area contributed by atoms with Gasteiger partial charge in [-0.25, -0.2) is 13.6 Å². The summed E-state index contributed by atoms with van der Waals surface area (Å²) in [4.78, 5) is 28.3. The Kier molecular flexibility index (Phi) is 5.35. The number of ether oxygens (including phenoxy) is 1. The molecule has 0 fully saturated rings. The van der Waals surface area contributed by atoms with E-state index >= 15 is 0 Å². The van der Waals surface area contributed by atoms with Crippen molar-refractivity contribution in [1.82, 2.24) is 0 Å². The quantitative estimate of drug-likeness (QED) is 0.547. The molecular formula is C19H14F2N2O5. The first-order chi connectivity index (χ1) is 13.4. The zero-order valence-electron chi connectivity index (χ0n) is 14.8. The number of halogens is 2. The molecule has 0 spiro atoms. The SMILES string of the molecule is COc1cccc2cc(C(=O)Nc3ccc(F)cc3F)/c(=N\OC(C)=O)oc12. The lowest BCUT2D eigenvalue weighted by Gasteiger charge is -2.09. The second-order valence-electron chi connectivity index (χ2n) is 5.60. The number of amides is 1. The number of nitrogens with one attached hydrogen (secondary N) is 1. The number of rotatable bonds is 4. The van der Waals surface area contributed by atoms with Crippen molar-refractivity contribution in [3.8, 4) is 5.75 Å². The average molecular weight is 388 g/mol. The van der Waals surface area contributed by atoms with E-state index in [-0.39, 0.29) is 22.4 Å². The van der Waals surface area contributed by atoms with Crippen LogP contribution >= 0.6 is 0 Å². The Hall–Kier alpha value is -3.75. The standard InChI is InChI=1S/C19H14F2N2O5/c1-10(24)28-23-19-13(8-11-4-3-5-16(26-2)17(11)27-19)18(25)22-15-7-6-12(20)9-14(15)21/h3-9H,1-2H3,(H,22,25)/b23-19+. The van der Waals surface area contributed by atoms with Crippen LogP contribution in [0.3, 0.4) is 0 Å². The molecule has 3 aromatic rings. The summed E-state index contributed by atoms with van der Waals surface area (Å²) in [6.45, 7) is 1.12. The molecule has 3 rings (SSSR count). The van der Waals surface area contributed by atoms with Crippen LogP contribution in [0.5, 0.6) is 5.75 Å². The third kappa shape index (κ3) is 3.98. The van der Waals surface area contributed by atoms with Gasteiger partial charge in [0.25, 0.3) is 11.5 Å². The minimum absolute atomic E-state index is 0.134. The van der Waals surface area contributed by atoms with Gasteiger partial charge in [0, 0.05) is 18.4 Å². The predicted octanol–water partition coefficient (Wildman–Crippen LogP) is 3.35. The molecule has 28 heavy (non-hydrogen) atoms. The first kappa shape index (κ1) is 19.0. The summed E-state index contributed by atoms with van der Waals surface area (Å²) >= 11 is 0. The van der Waals surface area contributed by atoms with Gasteiger partial charge in [0.05, 0.1) is 12.8 Å². The first-order valence-corrected chi connectivity index (χ1v) is 7.98. The van der Waals surface area contributed by atoms with Crippen LogP contribution in [0.4, 0.5) is 14.5 Å². The number of fused-ring (bicyclic) bond motifs is 1. The molecule has 0 bridgehead atoms. The first-order valence-electron chi connectivity index (χ1n) is 7.98. The summed E-state index contributed by atoms with van der Waals surface area (Å²) in [5.74, 6) is -2.90. The molecule has 0 saturated carbocycles. The van der Waals surface area contributed by atoms with Gasteiger partial charge in [0.1, 0.15) is 17.2 Å². The van der Waals surface area contributed by atoms with Gasteiger partial charge >= 0.3 is 5.97 Å². The van der Waals surface area contributed by atoms with Crippen molar-refractivity contribution in [2.24, 2.45) is 5.16 Å².